The predicted molar refractivity (Wildman–Crippen MR) is 79.9 cm³/mol. The van der Waals surface area contributed by atoms with Gasteiger partial charge in [-0.25, -0.2) is 0 Å². The van der Waals surface area contributed by atoms with Gasteiger partial charge in [-0.05, 0) is 30.7 Å². The zero-order chi connectivity index (χ0) is 15.2. The molecule has 21 heavy (non-hydrogen) atoms. The summed E-state index contributed by atoms with van der Waals surface area (Å²) in [7, 11) is 1.63. The molecule has 0 bridgehead atoms. The molecule has 1 unspecified atom stereocenters. The Morgan fingerprint density at radius 2 is 1.86 bits per heavy atom. The van der Waals surface area contributed by atoms with E-state index in [2.05, 4.69) is 0 Å². The lowest BCUT2D eigenvalue weighted by atomic mass is 10.1. The molecular weight excluding hydrogens is 270 g/mol. The van der Waals surface area contributed by atoms with E-state index >= 15 is 0 Å². The van der Waals surface area contributed by atoms with Gasteiger partial charge in [0.2, 0.25) is 0 Å². The summed E-state index contributed by atoms with van der Waals surface area (Å²) in [6.07, 6.45) is 0.632. The zero-order valence-corrected chi connectivity index (χ0v) is 12.0. The van der Waals surface area contributed by atoms with Gasteiger partial charge in [0.15, 0.2) is 0 Å². The van der Waals surface area contributed by atoms with Gasteiger partial charge < -0.3 is 9.47 Å². The molecule has 0 amide bonds. The number of rotatable bonds is 6. The first kappa shape index (κ1) is 14.8. The summed E-state index contributed by atoms with van der Waals surface area (Å²) in [4.78, 5) is 10.3. The van der Waals surface area contributed by atoms with Crippen LogP contribution in [0, 0.1) is 10.1 Å². The minimum absolute atomic E-state index is 0.0316. The number of hydrogen-bond donors (Lipinski definition) is 0. The summed E-state index contributed by atoms with van der Waals surface area (Å²) in [5.41, 5.74) is 1.15. The third kappa shape index (κ3) is 4.21. The Hall–Kier alpha value is -2.56. The van der Waals surface area contributed by atoms with E-state index in [1.54, 1.807) is 19.2 Å². The number of non-ortho nitro benzene ring substituents is 1. The van der Waals surface area contributed by atoms with Crippen LogP contribution >= 0.6 is 0 Å². The van der Waals surface area contributed by atoms with E-state index in [-0.39, 0.29) is 11.8 Å². The fourth-order valence-corrected chi connectivity index (χ4v) is 2.04. The van der Waals surface area contributed by atoms with Crippen molar-refractivity contribution in [3.8, 4) is 11.5 Å². The average Bonchev–Trinajstić information content (AvgIpc) is 2.48. The molecule has 0 radical (unpaired) electrons. The van der Waals surface area contributed by atoms with Crippen LogP contribution in [0.2, 0.25) is 0 Å². The SMILES string of the molecule is COc1ccc(CC(C)Oc2cccc([N+](=O)[O-])c2)cc1. The minimum Gasteiger partial charge on any atom is -0.497 e. The van der Waals surface area contributed by atoms with E-state index in [1.807, 2.05) is 31.2 Å². The third-order valence-corrected chi connectivity index (χ3v) is 3.05. The average molecular weight is 287 g/mol. The molecule has 2 aromatic carbocycles. The van der Waals surface area contributed by atoms with Gasteiger partial charge in [0, 0.05) is 12.5 Å². The van der Waals surface area contributed by atoms with Crippen LogP contribution in [0.15, 0.2) is 48.5 Å². The van der Waals surface area contributed by atoms with Gasteiger partial charge in [0.1, 0.15) is 11.5 Å². The highest BCUT2D eigenvalue weighted by molar-refractivity contribution is 5.38. The number of nitro groups is 1. The molecular formula is C16H17NO4. The summed E-state index contributed by atoms with van der Waals surface area (Å²) >= 11 is 0. The Bertz CT molecular complexity index is 610. The normalized spacial score (nSPS) is 11.7. The number of nitrogens with zero attached hydrogens (tertiary/aromatic N) is 1. The molecule has 0 aliphatic rings. The molecule has 110 valence electrons. The number of hydrogen-bond acceptors (Lipinski definition) is 4. The first-order valence-electron chi connectivity index (χ1n) is 6.62. The maximum atomic E-state index is 10.7. The summed E-state index contributed by atoms with van der Waals surface area (Å²) < 4.78 is 10.8. The standard InChI is InChI=1S/C16H17NO4/c1-12(10-13-6-8-15(20-2)9-7-13)21-16-5-3-4-14(11-16)17(18)19/h3-9,11-12H,10H2,1-2H3. The molecule has 0 fully saturated rings. The molecule has 0 heterocycles. The Morgan fingerprint density at radius 1 is 1.14 bits per heavy atom. The summed E-state index contributed by atoms with van der Waals surface area (Å²) in [6, 6.07) is 14.0. The number of benzene rings is 2. The van der Waals surface area contributed by atoms with Crippen molar-refractivity contribution >= 4 is 5.69 Å². The Morgan fingerprint density at radius 3 is 2.48 bits per heavy atom. The molecule has 0 spiro atoms. The van der Waals surface area contributed by atoms with E-state index < -0.39 is 4.92 Å². The first-order chi connectivity index (χ1) is 10.1. The smallest absolute Gasteiger partial charge is 0.273 e. The van der Waals surface area contributed by atoms with Crippen molar-refractivity contribution in [3.63, 3.8) is 0 Å². The molecule has 0 saturated heterocycles. The van der Waals surface area contributed by atoms with Crippen LogP contribution in [-0.4, -0.2) is 18.1 Å². The summed E-state index contributed by atoms with van der Waals surface area (Å²) in [6.45, 7) is 1.93. The Balaban J connectivity index is 1.98. The van der Waals surface area contributed by atoms with Crippen LogP contribution in [-0.2, 0) is 6.42 Å². The second-order valence-corrected chi connectivity index (χ2v) is 4.74. The molecule has 1 atom stereocenters. The molecule has 0 saturated carbocycles. The minimum atomic E-state index is -0.430. The van der Waals surface area contributed by atoms with Crippen LogP contribution in [0.5, 0.6) is 11.5 Å². The van der Waals surface area contributed by atoms with Gasteiger partial charge in [-0.2, -0.15) is 0 Å². The molecule has 2 rings (SSSR count). The Kier molecular flexibility index (Phi) is 4.77. The van der Waals surface area contributed by atoms with Gasteiger partial charge in [-0.1, -0.05) is 18.2 Å². The zero-order valence-electron chi connectivity index (χ0n) is 12.0. The van der Waals surface area contributed by atoms with Crippen LogP contribution in [0.1, 0.15) is 12.5 Å². The quantitative estimate of drug-likeness (QED) is 0.601. The van der Waals surface area contributed by atoms with Gasteiger partial charge in [0.05, 0.1) is 24.2 Å². The van der Waals surface area contributed by atoms with Crippen molar-refractivity contribution in [2.24, 2.45) is 0 Å². The molecule has 0 aliphatic heterocycles. The van der Waals surface area contributed by atoms with Gasteiger partial charge in [-0.15, -0.1) is 0 Å². The van der Waals surface area contributed by atoms with E-state index in [1.165, 1.54) is 12.1 Å². The lowest BCUT2D eigenvalue weighted by Crippen LogP contribution is -2.15. The van der Waals surface area contributed by atoms with Gasteiger partial charge in [-0.3, -0.25) is 10.1 Å². The Labute approximate surface area is 123 Å². The van der Waals surface area contributed by atoms with Crippen molar-refractivity contribution in [2.75, 3.05) is 7.11 Å². The second-order valence-electron chi connectivity index (χ2n) is 4.74. The molecule has 5 nitrogen and oxygen atoms in total. The maximum Gasteiger partial charge on any atom is 0.273 e. The van der Waals surface area contributed by atoms with Crippen LogP contribution in [0.3, 0.4) is 0 Å². The van der Waals surface area contributed by atoms with E-state index in [4.69, 9.17) is 9.47 Å². The number of nitro benzene ring substituents is 1. The van der Waals surface area contributed by atoms with Crippen LogP contribution < -0.4 is 9.47 Å². The highest BCUT2D eigenvalue weighted by Gasteiger charge is 2.10. The topological polar surface area (TPSA) is 61.6 Å². The number of ether oxygens (including phenoxy) is 2. The summed E-state index contributed by atoms with van der Waals surface area (Å²) in [5, 5.41) is 10.7. The molecule has 0 aromatic heterocycles. The fourth-order valence-electron chi connectivity index (χ4n) is 2.04. The largest absolute Gasteiger partial charge is 0.497 e. The molecule has 0 N–H and O–H groups in total. The van der Waals surface area contributed by atoms with E-state index in [9.17, 15) is 10.1 Å². The lowest BCUT2D eigenvalue weighted by molar-refractivity contribution is -0.384. The van der Waals surface area contributed by atoms with Crippen molar-refractivity contribution < 1.29 is 14.4 Å². The van der Waals surface area contributed by atoms with Crippen molar-refractivity contribution in [1.29, 1.82) is 0 Å². The van der Waals surface area contributed by atoms with Gasteiger partial charge in [0.25, 0.3) is 5.69 Å². The second kappa shape index (κ2) is 6.74. The van der Waals surface area contributed by atoms with Crippen LogP contribution in [0.4, 0.5) is 5.69 Å². The molecule has 2 aromatic rings. The monoisotopic (exact) mass is 287 g/mol. The maximum absolute atomic E-state index is 10.7. The highest BCUT2D eigenvalue weighted by Crippen LogP contribution is 2.21. The van der Waals surface area contributed by atoms with Crippen molar-refractivity contribution in [2.45, 2.75) is 19.4 Å². The third-order valence-electron chi connectivity index (χ3n) is 3.05. The first-order valence-corrected chi connectivity index (χ1v) is 6.62. The highest BCUT2D eigenvalue weighted by atomic mass is 16.6. The van der Waals surface area contributed by atoms with E-state index in [0.717, 1.165) is 11.3 Å². The van der Waals surface area contributed by atoms with Crippen molar-refractivity contribution in [1.82, 2.24) is 0 Å². The van der Waals surface area contributed by atoms with E-state index in [0.29, 0.717) is 12.2 Å². The van der Waals surface area contributed by atoms with Crippen LogP contribution in [0.25, 0.3) is 0 Å². The van der Waals surface area contributed by atoms with Crippen molar-refractivity contribution in [3.05, 3.63) is 64.2 Å². The molecule has 5 heteroatoms. The fraction of sp³-hybridized carbons (Fsp3) is 0.250. The number of methoxy groups -OCH3 is 1. The predicted octanol–water partition coefficient (Wildman–Crippen LogP) is 3.61. The lowest BCUT2D eigenvalue weighted by Gasteiger charge is -2.14. The molecule has 0 aliphatic carbocycles. The summed E-state index contributed by atoms with van der Waals surface area (Å²) in [5.74, 6) is 1.32. The van der Waals surface area contributed by atoms with Gasteiger partial charge >= 0.3 is 0 Å².